The fraction of sp³-hybridized carbons (Fsp3) is 0.176. The van der Waals surface area contributed by atoms with E-state index in [4.69, 9.17) is 0 Å². The molecule has 6 nitrogen and oxygen atoms in total. The summed E-state index contributed by atoms with van der Waals surface area (Å²) in [4.78, 5) is 12.2. The summed E-state index contributed by atoms with van der Waals surface area (Å²) in [5.74, 6) is -0.133. The van der Waals surface area contributed by atoms with Crippen LogP contribution >= 0.6 is 11.5 Å². The first-order valence-electron chi connectivity index (χ1n) is 7.50. The summed E-state index contributed by atoms with van der Waals surface area (Å²) in [6.07, 6.45) is 3.13. The van der Waals surface area contributed by atoms with Crippen LogP contribution in [0.3, 0.4) is 0 Å². The molecule has 0 fully saturated rings. The van der Waals surface area contributed by atoms with Crippen molar-refractivity contribution in [1.82, 2.24) is 4.37 Å². The lowest BCUT2D eigenvalue weighted by atomic mass is 10.1. The highest BCUT2D eigenvalue weighted by atomic mass is 32.2. The van der Waals surface area contributed by atoms with Gasteiger partial charge in [0.25, 0.3) is 0 Å². The van der Waals surface area contributed by atoms with Gasteiger partial charge in [0.05, 0.1) is 23.1 Å². The highest BCUT2D eigenvalue weighted by Gasteiger charge is 2.12. The lowest BCUT2D eigenvalue weighted by molar-refractivity contribution is -0.115. The summed E-state index contributed by atoms with van der Waals surface area (Å²) in [6.45, 7) is 0. The number of anilines is 2. The molecule has 0 unspecified atom stereocenters. The zero-order chi connectivity index (χ0) is 18.0. The third-order valence-electron chi connectivity index (χ3n) is 3.80. The van der Waals surface area contributed by atoms with Gasteiger partial charge in [0.15, 0.2) is 0 Å². The van der Waals surface area contributed by atoms with Crippen LogP contribution in [0, 0.1) is 0 Å². The topological polar surface area (TPSA) is 79.4 Å². The number of fused-ring (bicyclic) bond motifs is 1. The largest absolute Gasteiger partial charge is 0.326 e. The Morgan fingerprint density at radius 3 is 2.60 bits per heavy atom. The normalized spacial score (nSPS) is 11.4. The van der Waals surface area contributed by atoms with Gasteiger partial charge in [0.1, 0.15) is 0 Å². The van der Waals surface area contributed by atoms with Crippen LogP contribution < -0.4 is 9.62 Å². The number of hydrogen-bond donors (Lipinski definition) is 1. The molecule has 8 heteroatoms. The van der Waals surface area contributed by atoms with Crippen LogP contribution in [0.2, 0.25) is 0 Å². The van der Waals surface area contributed by atoms with Gasteiger partial charge in [-0.2, -0.15) is 4.37 Å². The molecule has 0 atom stereocenters. The van der Waals surface area contributed by atoms with Crippen molar-refractivity contribution in [3.8, 4) is 0 Å². The number of nitrogens with zero attached hydrogens (tertiary/aromatic N) is 2. The molecule has 1 amide bonds. The highest BCUT2D eigenvalue weighted by molar-refractivity contribution is 7.92. The van der Waals surface area contributed by atoms with Gasteiger partial charge in [-0.3, -0.25) is 9.10 Å². The van der Waals surface area contributed by atoms with E-state index in [-0.39, 0.29) is 12.3 Å². The molecular weight excluding hydrogens is 358 g/mol. The Labute approximate surface area is 150 Å². The van der Waals surface area contributed by atoms with Gasteiger partial charge in [0.2, 0.25) is 15.9 Å². The zero-order valence-electron chi connectivity index (χ0n) is 13.8. The van der Waals surface area contributed by atoms with Crippen molar-refractivity contribution >= 4 is 48.9 Å². The summed E-state index contributed by atoms with van der Waals surface area (Å²) in [7, 11) is -1.80. The van der Waals surface area contributed by atoms with E-state index in [1.54, 1.807) is 30.5 Å². The smallest absolute Gasteiger partial charge is 0.231 e. The Kier molecular flexibility index (Phi) is 4.73. The van der Waals surface area contributed by atoms with Crippen molar-refractivity contribution < 1.29 is 13.2 Å². The number of aromatic nitrogens is 1. The molecule has 0 saturated carbocycles. The van der Waals surface area contributed by atoms with Crippen LogP contribution in [0.25, 0.3) is 10.1 Å². The van der Waals surface area contributed by atoms with E-state index in [1.165, 1.54) is 22.9 Å². The predicted octanol–water partition coefficient (Wildman–Crippen LogP) is 2.87. The summed E-state index contributed by atoms with van der Waals surface area (Å²) >= 11 is 1.41. The number of nitrogens with one attached hydrogen (secondary N) is 1. The van der Waals surface area contributed by atoms with E-state index >= 15 is 0 Å². The Balaban J connectivity index is 1.66. The fourth-order valence-corrected chi connectivity index (χ4v) is 3.49. The van der Waals surface area contributed by atoms with Crippen molar-refractivity contribution in [1.29, 1.82) is 0 Å². The van der Waals surface area contributed by atoms with Crippen LogP contribution in [-0.2, 0) is 21.2 Å². The molecule has 1 N–H and O–H groups in total. The lowest BCUT2D eigenvalue weighted by Gasteiger charge is -2.16. The summed E-state index contributed by atoms with van der Waals surface area (Å²) in [5, 5.41) is 3.86. The maximum absolute atomic E-state index is 12.2. The standard InChI is InChI=1S/C17H17N3O3S2/c1-20(25(2,22)23)15-6-3-12(4-7-15)9-17(21)19-14-5-8-16-13(10-14)11-18-24-16/h3-8,10-11H,9H2,1-2H3,(H,19,21). The number of sulfonamides is 1. The molecule has 0 radical (unpaired) electrons. The van der Waals surface area contributed by atoms with Crippen molar-refractivity contribution in [2.75, 3.05) is 22.9 Å². The SMILES string of the molecule is CN(c1ccc(CC(=O)Nc2ccc3sncc3c2)cc1)S(C)(=O)=O. The maximum Gasteiger partial charge on any atom is 0.231 e. The molecule has 3 aromatic rings. The van der Waals surface area contributed by atoms with Gasteiger partial charge in [0, 0.05) is 24.3 Å². The molecule has 0 aliphatic carbocycles. The van der Waals surface area contributed by atoms with Crippen molar-refractivity contribution in [3.05, 3.63) is 54.2 Å². The average Bonchev–Trinajstić information content (AvgIpc) is 3.01. The molecule has 130 valence electrons. The predicted molar refractivity (Wildman–Crippen MR) is 102 cm³/mol. The Hall–Kier alpha value is -2.45. The van der Waals surface area contributed by atoms with Gasteiger partial charge in [-0.15, -0.1) is 0 Å². The number of carbonyl (C=O) groups excluding carboxylic acids is 1. The molecule has 0 aliphatic rings. The summed E-state index contributed by atoms with van der Waals surface area (Å²) in [5.41, 5.74) is 2.09. The number of hydrogen-bond acceptors (Lipinski definition) is 5. The molecule has 1 aromatic heterocycles. The van der Waals surface area contributed by atoms with E-state index in [0.29, 0.717) is 5.69 Å². The Morgan fingerprint density at radius 2 is 1.92 bits per heavy atom. The third kappa shape index (κ3) is 4.15. The monoisotopic (exact) mass is 375 g/mol. The Bertz CT molecular complexity index is 1010. The second-order valence-electron chi connectivity index (χ2n) is 5.70. The molecular formula is C17H17N3O3S2. The first kappa shape index (κ1) is 17.4. The van der Waals surface area contributed by atoms with Gasteiger partial charge < -0.3 is 5.32 Å². The van der Waals surface area contributed by atoms with E-state index in [0.717, 1.165) is 27.6 Å². The second kappa shape index (κ2) is 6.81. The first-order chi connectivity index (χ1) is 11.8. The van der Waals surface area contributed by atoms with Crippen molar-refractivity contribution in [2.24, 2.45) is 0 Å². The highest BCUT2D eigenvalue weighted by Crippen LogP contribution is 2.22. The number of benzene rings is 2. The van der Waals surface area contributed by atoms with E-state index in [1.807, 2.05) is 18.2 Å². The molecule has 1 heterocycles. The van der Waals surface area contributed by atoms with Gasteiger partial charge in [-0.05, 0) is 47.4 Å². The van der Waals surface area contributed by atoms with E-state index < -0.39 is 10.0 Å². The second-order valence-corrected chi connectivity index (χ2v) is 8.55. The minimum Gasteiger partial charge on any atom is -0.326 e. The number of amides is 1. The van der Waals surface area contributed by atoms with E-state index in [9.17, 15) is 13.2 Å². The summed E-state index contributed by atoms with van der Waals surface area (Å²) < 4.78 is 29.4. The van der Waals surface area contributed by atoms with Crippen LogP contribution in [0.1, 0.15) is 5.56 Å². The Morgan fingerprint density at radius 1 is 1.20 bits per heavy atom. The average molecular weight is 375 g/mol. The van der Waals surface area contributed by atoms with Gasteiger partial charge in [-0.25, -0.2) is 8.42 Å². The molecule has 2 aromatic carbocycles. The molecule has 3 rings (SSSR count). The van der Waals surface area contributed by atoms with Crippen LogP contribution in [-0.4, -0.2) is 32.0 Å². The lowest BCUT2D eigenvalue weighted by Crippen LogP contribution is -2.24. The van der Waals surface area contributed by atoms with Crippen molar-refractivity contribution in [3.63, 3.8) is 0 Å². The fourth-order valence-electron chi connectivity index (χ4n) is 2.36. The molecule has 0 spiro atoms. The van der Waals surface area contributed by atoms with Gasteiger partial charge >= 0.3 is 0 Å². The van der Waals surface area contributed by atoms with Crippen molar-refractivity contribution in [2.45, 2.75) is 6.42 Å². The van der Waals surface area contributed by atoms with Gasteiger partial charge in [-0.1, -0.05) is 12.1 Å². The zero-order valence-corrected chi connectivity index (χ0v) is 15.4. The number of carbonyl (C=O) groups is 1. The number of rotatable bonds is 5. The maximum atomic E-state index is 12.2. The third-order valence-corrected chi connectivity index (χ3v) is 5.78. The first-order valence-corrected chi connectivity index (χ1v) is 10.1. The quantitative estimate of drug-likeness (QED) is 0.744. The van der Waals surface area contributed by atoms with Crippen LogP contribution in [0.4, 0.5) is 11.4 Å². The molecule has 0 aliphatic heterocycles. The molecule has 0 bridgehead atoms. The van der Waals surface area contributed by atoms with Crippen LogP contribution in [0.5, 0.6) is 0 Å². The minimum atomic E-state index is -3.30. The minimum absolute atomic E-state index is 0.133. The van der Waals surface area contributed by atoms with E-state index in [2.05, 4.69) is 9.69 Å². The van der Waals surface area contributed by atoms with Crippen LogP contribution in [0.15, 0.2) is 48.7 Å². The molecule has 0 saturated heterocycles. The summed E-state index contributed by atoms with van der Waals surface area (Å²) in [6, 6.07) is 12.5. The molecule has 25 heavy (non-hydrogen) atoms.